The van der Waals surface area contributed by atoms with Crippen molar-refractivity contribution in [3.05, 3.63) is 30.3 Å². The van der Waals surface area contributed by atoms with Crippen molar-refractivity contribution < 1.29 is 4.79 Å². The average Bonchev–Trinajstić information content (AvgIpc) is 3.10. The van der Waals surface area contributed by atoms with Gasteiger partial charge in [-0.15, -0.1) is 10.2 Å². The predicted molar refractivity (Wildman–Crippen MR) is 89.9 cm³/mol. The molecule has 0 spiro atoms. The van der Waals surface area contributed by atoms with Gasteiger partial charge in [-0.3, -0.25) is 4.79 Å². The summed E-state index contributed by atoms with van der Waals surface area (Å²) in [6.45, 7) is 1.06. The Morgan fingerprint density at radius 1 is 1.08 bits per heavy atom. The fourth-order valence-electron chi connectivity index (χ4n) is 4.16. The summed E-state index contributed by atoms with van der Waals surface area (Å²) in [6.07, 6.45) is 7.37. The van der Waals surface area contributed by atoms with E-state index in [9.17, 15) is 4.79 Å². The van der Waals surface area contributed by atoms with E-state index in [2.05, 4.69) is 20.3 Å². The molecule has 24 heavy (non-hydrogen) atoms. The Balaban J connectivity index is 1.45. The number of carbonyl (C=O) groups is 1. The minimum atomic E-state index is 0.128. The van der Waals surface area contributed by atoms with Gasteiger partial charge in [-0.1, -0.05) is 43.2 Å². The van der Waals surface area contributed by atoms with E-state index in [0.29, 0.717) is 17.8 Å². The van der Waals surface area contributed by atoms with Gasteiger partial charge in [-0.25, -0.2) is 0 Å². The highest BCUT2D eigenvalue weighted by Gasteiger charge is 2.35. The van der Waals surface area contributed by atoms with Gasteiger partial charge in [0.1, 0.15) is 6.54 Å². The van der Waals surface area contributed by atoms with Gasteiger partial charge in [0.05, 0.1) is 0 Å². The topological polar surface area (TPSA) is 63.9 Å². The van der Waals surface area contributed by atoms with Crippen LogP contribution in [-0.2, 0) is 11.3 Å². The van der Waals surface area contributed by atoms with Crippen molar-refractivity contribution in [3.63, 3.8) is 0 Å². The quantitative estimate of drug-likeness (QED) is 0.870. The second-order valence-corrected chi connectivity index (χ2v) is 6.85. The Hall–Kier alpha value is -2.24. The number of hydrogen-bond donors (Lipinski definition) is 0. The molecule has 126 valence electrons. The number of piperidine rings is 1. The zero-order valence-electron chi connectivity index (χ0n) is 13.8. The van der Waals surface area contributed by atoms with Crippen molar-refractivity contribution >= 4 is 5.91 Å². The van der Waals surface area contributed by atoms with E-state index in [4.69, 9.17) is 0 Å². The zero-order chi connectivity index (χ0) is 16.4. The van der Waals surface area contributed by atoms with E-state index in [1.807, 2.05) is 30.3 Å². The van der Waals surface area contributed by atoms with E-state index < -0.39 is 0 Å². The van der Waals surface area contributed by atoms with Crippen LogP contribution in [0.5, 0.6) is 0 Å². The summed E-state index contributed by atoms with van der Waals surface area (Å²) < 4.78 is 0. The standard InChI is InChI=1S/C18H23N5O/c24-17(22-12-6-10-14-7-4-5-11-16(14)22)13-23-20-18(19-21-23)15-8-2-1-3-9-15/h1-3,8-9,14,16H,4-7,10-13H2/t14-,16-/m0/s1. The molecule has 4 rings (SSSR count). The predicted octanol–water partition coefficient (Wildman–Crippen LogP) is 2.52. The number of amides is 1. The first-order valence-electron chi connectivity index (χ1n) is 8.94. The second-order valence-electron chi connectivity index (χ2n) is 6.85. The molecule has 1 aromatic heterocycles. The lowest BCUT2D eigenvalue weighted by Crippen LogP contribution is -2.50. The number of nitrogens with zero attached hydrogens (tertiary/aromatic N) is 5. The zero-order valence-corrected chi connectivity index (χ0v) is 13.8. The number of benzene rings is 1. The first-order valence-corrected chi connectivity index (χ1v) is 8.94. The molecule has 6 nitrogen and oxygen atoms in total. The number of fused-ring (bicyclic) bond motifs is 1. The maximum Gasteiger partial charge on any atom is 0.246 e. The van der Waals surface area contributed by atoms with E-state index in [1.54, 1.807) is 0 Å². The molecule has 6 heteroatoms. The SMILES string of the molecule is O=C(Cn1nnc(-c2ccccc2)n1)N1CCC[C@@H]2CCCC[C@@H]21. The van der Waals surface area contributed by atoms with Gasteiger partial charge in [0.15, 0.2) is 0 Å². The molecule has 1 saturated heterocycles. The monoisotopic (exact) mass is 325 g/mol. The highest BCUT2D eigenvalue weighted by Crippen LogP contribution is 2.35. The molecule has 0 N–H and O–H groups in total. The number of likely N-dealkylation sites (tertiary alicyclic amines) is 1. The minimum absolute atomic E-state index is 0.128. The molecule has 2 aromatic rings. The van der Waals surface area contributed by atoms with Gasteiger partial charge < -0.3 is 4.90 Å². The molecule has 1 saturated carbocycles. The van der Waals surface area contributed by atoms with Crippen molar-refractivity contribution in [2.24, 2.45) is 5.92 Å². The maximum absolute atomic E-state index is 12.8. The molecule has 1 amide bonds. The van der Waals surface area contributed by atoms with Crippen LogP contribution in [0.15, 0.2) is 30.3 Å². The molecule has 2 heterocycles. The Bertz CT molecular complexity index is 696. The third-order valence-corrected chi connectivity index (χ3v) is 5.33. The van der Waals surface area contributed by atoms with Crippen LogP contribution >= 0.6 is 0 Å². The van der Waals surface area contributed by atoms with Crippen LogP contribution < -0.4 is 0 Å². The molecule has 1 aromatic carbocycles. The summed E-state index contributed by atoms with van der Waals surface area (Å²) in [5.74, 6) is 1.39. The van der Waals surface area contributed by atoms with E-state index in [0.717, 1.165) is 24.9 Å². The summed E-state index contributed by atoms with van der Waals surface area (Å²) in [4.78, 5) is 16.3. The van der Waals surface area contributed by atoms with Crippen molar-refractivity contribution in [1.29, 1.82) is 0 Å². The van der Waals surface area contributed by atoms with Gasteiger partial charge in [0.25, 0.3) is 0 Å². The third-order valence-electron chi connectivity index (χ3n) is 5.33. The highest BCUT2D eigenvalue weighted by molar-refractivity contribution is 5.76. The molecule has 1 aliphatic carbocycles. The van der Waals surface area contributed by atoms with Gasteiger partial charge >= 0.3 is 0 Å². The Kier molecular flexibility index (Phi) is 4.28. The minimum Gasteiger partial charge on any atom is -0.338 e. The fourth-order valence-corrected chi connectivity index (χ4v) is 4.16. The molecular formula is C18H23N5O. The molecule has 2 atom stereocenters. The van der Waals surface area contributed by atoms with Crippen molar-refractivity contribution in [2.75, 3.05) is 6.54 Å². The maximum atomic E-state index is 12.8. The molecule has 2 fully saturated rings. The summed E-state index contributed by atoms with van der Waals surface area (Å²) in [7, 11) is 0. The van der Waals surface area contributed by atoms with Gasteiger partial charge in [0.2, 0.25) is 11.7 Å². The first kappa shape index (κ1) is 15.3. The number of hydrogen-bond acceptors (Lipinski definition) is 4. The average molecular weight is 325 g/mol. The molecule has 0 radical (unpaired) electrons. The van der Waals surface area contributed by atoms with Crippen LogP contribution in [-0.4, -0.2) is 43.6 Å². The highest BCUT2D eigenvalue weighted by atomic mass is 16.2. The van der Waals surface area contributed by atoms with Crippen LogP contribution in [0.3, 0.4) is 0 Å². The van der Waals surface area contributed by atoms with Crippen LogP contribution in [0.25, 0.3) is 11.4 Å². The summed E-state index contributed by atoms with van der Waals surface area (Å²) in [6, 6.07) is 10.2. The van der Waals surface area contributed by atoms with Gasteiger partial charge in [0, 0.05) is 18.2 Å². The Labute approximate surface area is 141 Å². The molecular weight excluding hydrogens is 302 g/mol. The van der Waals surface area contributed by atoms with Crippen LogP contribution in [0, 0.1) is 5.92 Å². The largest absolute Gasteiger partial charge is 0.338 e. The number of tetrazole rings is 1. The molecule has 2 aliphatic rings. The van der Waals surface area contributed by atoms with Gasteiger partial charge in [-0.2, -0.15) is 4.80 Å². The van der Waals surface area contributed by atoms with Gasteiger partial charge in [-0.05, 0) is 36.8 Å². The lowest BCUT2D eigenvalue weighted by molar-refractivity contribution is -0.138. The van der Waals surface area contributed by atoms with Crippen LogP contribution in [0.2, 0.25) is 0 Å². The smallest absolute Gasteiger partial charge is 0.246 e. The summed E-state index contributed by atoms with van der Waals surface area (Å²) in [5, 5.41) is 12.5. The van der Waals surface area contributed by atoms with E-state index >= 15 is 0 Å². The summed E-state index contributed by atoms with van der Waals surface area (Å²) >= 11 is 0. The Morgan fingerprint density at radius 2 is 1.88 bits per heavy atom. The lowest BCUT2D eigenvalue weighted by Gasteiger charge is -2.44. The van der Waals surface area contributed by atoms with Crippen LogP contribution in [0.4, 0.5) is 0 Å². The molecule has 0 bridgehead atoms. The molecule has 0 unspecified atom stereocenters. The second kappa shape index (κ2) is 6.71. The molecule has 1 aliphatic heterocycles. The van der Waals surface area contributed by atoms with Crippen molar-refractivity contribution in [3.8, 4) is 11.4 Å². The lowest BCUT2D eigenvalue weighted by atomic mass is 9.78. The summed E-state index contributed by atoms with van der Waals surface area (Å²) in [5.41, 5.74) is 0.918. The number of aromatic nitrogens is 4. The Morgan fingerprint density at radius 3 is 2.75 bits per heavy atom. The normalized spacial score (nSPS) is 23.8. The van der Waals surface area contributed by atoms with E-state index in [1.165, 1.54) is 30.5 Å². The fraction of sp³-hybridized carbons (Fsp3) is 0.556. The first-order chi connectivity index (χ1) is 11.8. The third kappa shape index (κ3) is 3.05. The van der Waals surface area contributed by atoms with Crippen LogP contribution in [0.1, 0.15) is 38.5 Å². The van der Waals surface area contributed by atoms with E-state index in [-0.39, 0.29) is 12.5 Å². The number of carbonyl (C=O) groups excluding carboxylic acids is 1. The van der Waals surface area contributed by atoms with Crippen molar-refractivity contribution in [2.45, 2.75) is 51.1 Å². The van der Waals surface area contributed by atoms with Crippen molar-refractivity contribution in [1.82, 2.24) is 25.1 Å². The number of rotatable bonds is 3.